The minimum atomic E-state index is 0.497. The third kappa shape index (κ3) is 5.46. The highest BCUT2D eigenvalue weighted by atomic mass is 16.5. The molecule has 0 aliphatic heterocycles. The lowest BCUT2D eigenvalue weighted by atomic mass is 10.1. The van der Waals surface area contributed by atoms with Crippen molar-refractivity contribution in [2.24, 2.45) is 0 Å². The fourth-order valence-electron chi connectivity index (χ4n) is 2.32. The molecule has 3 heteroatoms. The molecule has 2 rings (SSSR count). The van der Waals surface area contributed by atoms with E-state index in [0.29, 0.717) is 6.61 Å². The van der Waals surface area contributed by atoms with Gasteiger partial charge in [0.1, 0.15) is 6.61 Å². The van der Waals surface area contributed by atoms with Gasteiger partial charge in [0.05, 0.1) is 7.11 Å². The van der Waals surface area contributed by atoms with Crippen LogP contribution in [0.1, 0.15) is 23.6 Å². The minimum absolute atomic E-state index is 0.497. The summed E-state index contributed by atoms with van der Waals surface area (Å²) in [5, 5.41) is 3.46. The van der Waals surface area contributed by atoms with Crippen LogP contribution in [0, 0.1) is 6.92 Å². The molecule has 0 radical (unpaired) electrons. The molecule has 1 N–H and O–H groups in total. The van der Waals surface area contributed by atoms with E-state index in [4.69, 9.17) is 9.47 Å². The highest BCUT2D eigenvalue weighted by Crippen LogP contribution is 2.28. The number of ether oxygens (including phenoxy) is 2. The molecule has 0 aromatic heterocycles. The summed E-state index contributed by atoms with van der Waals surface area (Å²) in [4.78, 5) is 0. The van der Waals surface area contributed by atoms with Gasteiger partial charge >= 0.3 is 0 Å². The second-order valence-electron chi connectivity index (χ2n) is 5.82. The van der Waals surface area contributed by atoms with Crippen molar-refractivity contribution in [2.45, 2.75) is 26.9 Å². The quantitative estimate of drug-likeness (QED) is 0.739. The fourth-order valence-corrected chi connectivity index (χ4v) is 2.32. The zero-order valence-electron chi connectivity index (χ0n) is 14.2. The van der Waals surface area contributed by atoms with Crippen LogP contribution in [0.3, 0.4) is 0 Å². The molecule has 23 heavy (non-hydrogen) atoms. The first-order valence-corrected chi connectivity index (χ1v) is 7.79. The Morgan fingerprint density at radius 3 is 2.43 bits per heavy atom. The maximum absolute atomic E-state index is 5.76. The van der Waals surface area contributed by atoms with E-state index in [1.54, 1.807) is 7.11 Å². The van der Waals surface area contributed by atoms with Crippen molar-refractivity contribution < 1.29 is 9.47 Å². The average Bonchev–Trinajstić information content (AvgIpc) is 2.53. The summed E-state index contributed by atoms with van der Waals surface area (Å²) in [6, 6.07) is 14.5. The molecule has 122 valence electrons. The van der Waals surface area contributed by atoms with Crippen LogP contribution < -0.4 is 14.8 Å². The normalized spacial score (nSPS) is 10.4. The Morgan fingerprint density at radius 1 is 1.04 bits per heavy atom. The average molecular weight is 311 g/mol. The fraction of sp³-hybridized carbons (Fsp3) is 0.300. The SMILES string of the molecule is C=C(C)COc1cc(CNCc2cccc(C)c2)ccc1OC. The molecule has 0 saturated heterocycles. The molecular weight excluding hydrogens is 286 g/mol. The maximum Gasteiger partial charge on any atom is 0.161 e. The van der Waals surface area contributed by atoms with Crippen LogP contribution in [-0.4, -0.2) is 13.7 Å². The van der Waals surface area contributed by atoms with Crippen LogP contribution >= 0.6 is 0 Å². The summed E-state index contributed by atoms with van der Waals surface area (Å²) in [6.45, 7) is 10.0. The number of nitrogens with one attached hydrogen (secondary N) is 1. The summed E-state index contributed by atoms with van der Waals surface area (Å²) in [7, 11) is 1.65. The third-order valence-corrected chi connectivity index (χ3v) is 3.44. The zero-order chi connectivity index (χ0) is 16.7. The van der Waals surface area contributed by atoms with Crippen molar-refractivity contribution in [2.75, 3.05) is 13.7 Å². The van der Waals surface area contributed by atoms with E-state index < -0.39 is 0 Å². The van der Waals surface area contributed by atoms with Gasteiger partial charge in [0.25, 0.3) is 0 Å². The lowest BCUT2D eigenvalue weighted by Crippen LogP contribution is -2.13. The van der Waals surface area contributed by atoms with Crippen molar-refractivity contribution in [3.63, 3.8) is 0 Å². The molecular formula is C20H25NO2. The Balaban J connectivity index is 1.96. The second-order valence-corrected chi connectivity index (χ2v) is 5.82. The van der Waals surface area contributed by atoms with Gasteiger partial charge in [-0.2, -0.15) is 0 Å². The molecule has 0 amide bonds. The first-order chi connectivity index (χ1) is 11.1. The molecule has 0 heterocycles. The molecule has 0 aliphatic rings. The molecule has 0 unspecified atom stereocenters. The van der Waals surface area contributed by atoms with Gasteiger partial charge in [0, 0.05) is 13.1 Å². The molecule has 2 aromatic rings. The van der Waals surface area contributed by atoms with Crippen molar-refractivity contribution in [1.82, 2.24) is 5.32 Å². The lowest BCUT2D eigenvalue weighted by molar-refractivity contribution is 0.319. The minimum Gasteiger partial charge on any atom is -0.493 e. The summed E-state index contributed by atoms with van der Waals surface area (Å²) in [5.74, 6) is 1.50. The smallest absolute Gasteiger partial charge is 0.161 e. The number of rotatable bonds is 8. The van der Waals surface area contributed by atoms with E-state index in [9.17, 15) is 0 Å². The molecule has 0 fully saturated rings. The van der Waals surface area contributed by atoms with Crippen LogP contribution in [-0.2, 0) is 13.1 Å². The first kappa shape index (κ1) is 17.1. The number of benzene rings is 2. The van der Waals surface area contributed by atoms with Gasteiger partial charge in [-0.05, 0) is 42.7 Å². The van der Waals surface area contributed by atoms with Gasteiger partial charge in [-0.15, -0.1) is 0 Å². The van der Waals surface area contributed by atoms with Gasteiger partial charge in [0.2, 0.25) is 0 Å². The standard InChI is InChI=1S/C20H25NO2/c1-15(2)14-23-20-11-18(8-9-19(20)22-4)13-21-12-17-7-5-6-16(3)10-17/h5-11,21H,1,12-14H2,2-4H3. The van der Waals surface area contributed by atoms with Gasteiger partial charge < -0.3 is 14.8 Å². The molecule has 0 aliphatic carbocycles. The molecule has 2 aromatic carbocycles. The predicted molar refractivity (Wildman–Crippen MR) is 95.0 cm³/mol. The highest BCUT2D eigenvalue weighted by molar-refractivity contribution is 5.43. The van der Waals surface area contributed by atoms with E-state index in [-0.39, 0.29) is 0 Å². The van der Waals surface area contributed by atoms with Crippen LogP contribution in [0.4, 0.5) is 0 Å². The predicted octanol–water partition coefficient (Wildman–Crippen LogP) is 4.25. The monoisotopic (exact) mass is 311 g/mol. The second kappa shape index (κ2) is 8.39. The van der Waals surface area contributed by atoms with Gasteiger partial charge in [-0.3, -0.25) is 0 Å². The van der Waals surface area contributed by atoms with E-state index in [2.05, 4.69) is 49.2 Å². The van der Waals surface area contributed by atoms with Crippen LogP contribution in [0.5, 0.6) is 11.5 Å². The van der Waals surface area contributed by atoms with Crippen LogP contribution in [0.15, 0.2) is 54.6 Å². The highest BCUT2D eigenvalue weighted by Gasteiger charge is 2.06. The van der Waals surface area contributed by atoms with E-state index in [0.717, 1.165) is 35.7 Å². The van der Waals surface area contributed by atoms with Crippen molar-refractivity contribution >= 4 is 0 Å². The maximum atomic E-state index is 5.76. The Bertz CT molecular complexity index is 664. The number of hydrogen-bond donors (Lipinski definition) is 1. The number of methoxy groups -OCH3 is 1. The van der Waals surface area contributed by atoms with Crippen molar-refractivity contribution in [3.05, 3.63) is 71.3 Å². The number of hydrogen-bond acceptors (Lipinski definition) is 3. The summed E-state index contributed by atoms with van der Waals surface area (Å²) in [5.41, 5.74) is 4.71. The summed E-state index contributed by atoms with van der Waals surface area (Å²) < 4.78 is 11.1. The summed E-state index contributed by atoms with van der Waals surface area (Å²) >= 11 is 0. The molecule has 0 bridgehead atoms. The number of aryl methyl sites for hydroxylation is 1. The van der Waals surface area contributed by atoms with Crippen LogP contribution in [0.2, 0.25) is 0 Å². The summed E-state index contributed by atoms with van der Waals surface area (Å²) in [6.07, 6.45) is 0. The molecule has 0 saturated carbocycles. The Hall–Kier alpha value is -2.26. The lowest BCUT2D eigenvalue weighted by Gasteiger charge is -2.13. The Morgan fingerprint density at radius 2 is 1.78 bits per heavy atom. The first-order valence-electron chi connectivity index (χ1n) is 7.79. The van der Waals surface area contributed by atoms with Crippen molar-refractivity contribution in [1.29, 1.82) is 0 Å². The molecule has 0 spiro atoms. The zero-order valence-corrected chi connectivity index (χ0v) is 14.2. The van der Waals surface area contributed by atoms with E-state index in [1.165, 1.54) is 11.1 Å². The van der Waals surface area contributed by atoms with E-state index >= 15 is 0 Å². The largest absolute Gasteiger partial charge is 0.493 e. The van der Waals surface area contributed by atoms with Gasteiger partial charge in [-0.1, -0.05) is 42.5 Å². The molecule has 3 nitrogen and oxygen atoms in total. The van der Waals surface area contributed by atoms with Crippen molar-refractivity contribution in [3.8, 4) is 11.5 Å². The van der Waals surface area contributed by atoms with Crippen LogP contribution in [0.25, 0.3) is 0 Å². The van der Waals surface area contributed by atoms with Gasteiger partial charge in [-0.25, -0.2) is 0 Å². The van der Waals surface area contributed by atoms with Gasteiger partial charge in [0.15, 0.2) is 11.5 Å². The Labute approximate surface area is 138 Å². The third-order valence-electron chi connectivity index (χ3n) is 3.44. The Kier molecular flexibility index (Phi) is 6.24. The molecule has 0 atom stereocenters. The topological polar surface area (TPSA) is 30.5 Å². The van der Waals surface area contributed by atoms with E-state index in [1.807, 2.05) is 19.1 Å².